The van der Waals surface area contributed by atoms with Gasteiger partial charge in [-0.15, -0.1) is 11.3 Å². The Hall–Kier alpha value is -0.650. The van der Waals surface area contributed by atoms with Crippen molar-refractivity contribution in [2.45, 2.75) is 6.04 Å². The largest absolute Gasteiger partial charge is 0.271 e. The van der Waals surface area contributed by atoms with Crippen molar-refractivity contribution < 1.29 is 4.39 Å². The fourth-order valence-corrected chi connectivity index (χ4v) is 3.02. The second-order valence-corrected chi connectivity index (χ2v) is 5.16. The van der Waals surface area contributed by atoms with Crippen molar-refractivity contribution in [1.29, 1.82) is 0 Å². The SMILES string of the molecule is NNC(c1cc(F)ccc1Cl)c1sccc1Cl. The van der Waals surface area contributed by atoms with Gasteiger partial charge in [0, 0.05) is 9.90 Å². The lowest BCUT2D eigenvalue weighted by Crippen LogP contribution is -2.28. The van der Waals surface area contributed by atoms with Gasteiger partial charge in [-0.3, -0.25) is 5.84 Å². The highest BCUT2D eigenvalue weighted by atomic mass is 35.5. The van der Waals surface area contributed by atoms with Crippen LogP contribution in [0.25, 0.3) is 0 Å². The smallest absolute Gasteiger partial charge is 0.123 e. The maximum absolute atomic E-state index is 13.2. The third-order valence-electron chi connectivity index (χ3n) is 2.34. The Bertz CT molecular complexity index is 530. The summed E-state index contributed by atoms with van der Waals surface area (Å²) in [5, 5.41) is 2.87. The molecule has 3 N–H and O–H groups in total. The van der Waals surface area contributed by atoms with Gasteiger partial charge in [-0.2, -0.15) is 0 Å². The van der Waals surface area contributed by atoms with Gasteiger partial charge in [-0.25, -0.2) is 9.82 Å². The van der Waals surface area contributed by atoms with Crippen molar-refractivity contribution in [3.63, 3.8) is 0 Å². The van der Waals surface area contributed by atoms with Crippen molar-refractivity contribution >= 4 is 34.5 Å². The molecular formula is C11H9Cl2FN2S. The van der Waals surface area contributed by atoms with Gasteiger partial charge in [0.1, 0.15) is 5.82 Å². The first kappa shape index (κ1) is 12.8. The fraction of sp³-hybridized carbons (Fsp3) is 0.0909. The Balaban J connectivity index is 2.49. The molecule has 2 aromatic rings. The molecular weight excluding hydrogens is 282 g/mol. The van der Waals surface area contributed by atoms with Crippen LogP contribution < -0.4 is 11.3 Å². The average Bonchev–Trinajstić information content (AvgIpc) is 2.71. The monoisotopic (exact) mass is 290 g/mol. The highest BCUT2D eigenvalue weighted by Crippen LogP contribution is 2.35. The van der Waals surface area contributed by atoms with Crippen LogP contribution in [0.1, 0.15) is 16.5 Å². The van der Waals surface area contributed by atoms with E-state index in [-0.39, 0.29) is 5.82 Å². The molecule has 0 radical (unpaired) electrons. The molecule has 1 aromatic carbocycles. The van der Waals surface area contributed by atoms with Crippen LogP contribution in [0.2, 0.25) is 10.0 Å². The number of rotatable bonds is 3. The topological polar surface area (TPSA) is 38.0 Å². The van der Waals surface area contributed by atoms with Crippen LogP contribution in [0.4, 0.5) is 4.39 Å². The van der Waals surface area contributed by atoms with Crippen LogP contribution in [0.3, 0.4) is 0 Å². The summed E-state index contributed by atoms with van der Waals surface area (Å²) < 4.78 is 13.2. The van der Waals surface area contributed by atoms with E-state index in [0.29, 0.717) is 15.6 Å². The molecule has 1 unspecified atom stereocenters. The number of thiophene rings is 1. The summed E-state index contributed by atoms with van der Waals surface area (Å²) in [6.45, 7) is 0. The molecule has 0 aliphatic rings. The molecule has 0 aliphatic carbocycles. The number of nitrogens with two attached hydrogens (primary N) is 1. The molecule has 0 saturated heterocycles. The average molecular weight is 291 g/mol. The number of nitrogens with one attached hydrogen (secondary N) is 1. The van der Waals surface area contributed by atoms with E-state index in [1.54, 1.807) is 6.07 Å². The zero-order chi connectivity index (χ0) is 12.4. The highest BCUT2D eigenvalue weighted by molar-refractivity contribution is 7.10. The molecule has 17 heavy (non-hydrogen) atoms. The lowest BCUT2D eigenvalue weighted by molar-refractivity contribution is 0.609. The Morgan fingerprint density at radius 2 is 2.00 bits per heavy atom. The summed E-state index contributed by atoms with van der Waals surface area (Å²) in [7, 11) is 0. The molecule has 2 nitrogen and oxygen atoms in total. The molecule has 0 spiro atoms. The number of hydrogen-bond donors (Lipinski definition) is 2. The van der Waals surface area contributed by atoms with E-state index in [1.807, 2.05) is 5.38 Å². The molecule has 0 saturated carbocycles. The predicted octanol–water partition coefficient (Wildman–Crippen LogP) is 3.75. The second kappa shape index (κ2) is 5.33. The number of hydrogen-bond acceptors (Lipinski definition) is 3. The Morgan fingerprint density at radius 1 is 1.24 bits per heavy atom. The first-order valence-corrected chi connectivity index (χ1v) is 6.41. The Labute approximate surface area is 112 Å². The second-order valence-electron chi connectivity index (χ2n) is 3.40. The van der Waals surface area contributed by atoms with Gasteiger partial charge in [0.15, 0.2) is 0 Å². The molecule has 0 bridgehead atoms. The van der Waals surface area contributed by atoms with Crippen LogP contribution >= 0.6 is 34.5 Å². The molecule has 1 heterocycles. The Kier molecular flexibility index (Phi) is 4.01. The van der Waals surface area contributed by atoms with Gasteiger partial charge in [0.2, 0.25) is 0 Å². The van der Waals surface area contributed by atoms with Gasteiger partial charge in [0.25, 0.3) is 0 Å². The van der Waals surface area contributed by atoms with Crippen molar-refractivity contribution in [2.24, 2.45) is 5.84 Å². The van der Waals surface area contributed by atoms with Crippen LogP contribution in [-0.4, -0.2) is 0 Å². The minimum absolute atomic E-state index is 0.364. The fourth-order valence-electron chi connectivity index (χ4n) is 1.55. The molecule has 6 heteroatoms. The van der Waals surface area contributed by atoms with Gasteiger partial charge in [0.05, 0.1) is 11.1 Å². The first-order chi connectivity index (χ1) is 8.13. The third kappa shape index (κ3) is 2.61. The Morgan fingerprint density at radius 3 is 2.59 bits per heavy atom. The number of halogens is 3. The van der Waals surface area contributed by atoms with Gasteiger partial charge in [-0.1, -0.05) is 23.2 Å². The van der Waals surface area contributed by atoms with Crippen LogP contribution in [0.15, 0.2) is 29.6 Å². The van der Waals surface area contributed by atoms with E-state index < -0.39 is 6.04 Å². The predicted molar refractivity (Wildman–Crippen MR) is 69.9 cm³/mol. The summed E-state index contributed by atoms with van der Waals surface area (Å²) in [6, 6.07) is 5.50. The minimum atomic E-state index is -0.411. The molecule has 0 fully saturated rings. The van der Waals surface area contributed by atoms with Crippen LogP contribution in [0, 0.1) is 5.82 Å². The van der Waals surface area contributed by atoms with E-state index >= 15 is 0 Å². The summed E-state index contributed by atoms with van der Waals surface area (Å²) in [5.41, 5.74) is 3.17. The van der Waals surface area contributed by atoms with Crippen LogP contribution in [-0.2, 0) is 0 Å². The van der Waals surface area contributed by atoms with Crippen molar-refractivity contribution in [3.8, 4) is 0 Å². The van der Waals surface area contributed by atoms with E-state index in [4.69, 9.17) is 29.0 Å². The zero-order valence-electron chi connectivity index (χ0n) is 8.58. The minimum Gasteiger partial charge on any atom is -0.271 e. The molecule has 1 aromatic heterocycles. The highest BCUT2D eigenvalue weighted by Gasteiger charge is 2.20. The van der Waals surface area contributed by atoms with E-state index in [0.717, 1.165) is 4.88 Å². The van der Waals surface area contributed by atoms with E-state index in [1.165, 1.54) is 29.5 Å². The third-order valence-corrected chi connectivity index (χ3v) is 4.11. The van der Waals surface area contributed by atoms with Crippen LogP contribution in [0.5, 0.6) is 0 Å². The summed E-state index contributed by atoms with van der Waals surface area (Å²) in [5.74, 6) is 5.14. The molecule has 0 amide bonds. The summed E-state index contributed by atoms with van der Waals surface area (Å²) in [6.07, 6.45) is 0. The van der Waals surface area contributed by atoms with Gasteiger partial charge >= 0.3 is 0 Å². The van der Waals surface area contributed by atoms with Crippen molar-refractivity contribution in [3.05, 3.63) is 55.9 Å². The first-order valence-electron chi connectivity index (χ1n) is 4.77. The van der Waals surface area contributed by atoms with Gasteiger partial charge in [-0.05, 0) is 35.2 Å². The van der Waals surface area contributed by atoms with Gasteiger partial charge < -0.3 is 0 Å². The zero-order valence-corrected chi connectivity index (χ0v) is 10.9. The molecule has 1 atom stereocenters. The summed E-state index contributed by atoms with van der Waals surface area (Å²) >= 11 is 13.5. The molecule has 90 valence electrons. The number of hydrazine groups is 1. The molecule has 2 rings (SSSR count). The van der Waals surface area contributed by atoms with E-state index in [2.05, 4.69) is 5.43 Å². The number of benzene rings is 1. The maximum Gasteiger partial charge on any atom is 0.123 e. The molecule has 0 aliphatic heterocycles. The lowest BCUT2D eigenvalue weighted by Gasteiger charge is -2.17. The van der Waals surface area contributed by atoms with Crippen molar-refractivity contribution in [2.75, 3.05) is 0 Å². The standard InChI is InChI=1S/C11H9Cl2FN2S/c12-8-2-1-6(14)5-7(8)10(16-15)11-9(13)3-4-17-11/h1-5,10,16H,15H2. The van der Waals surface area contributed by atoms with E-state index in [9.17, 15) is 4.39 Å². The van der Waals surface area contributed by atoms with Crippen molar-refractivity contribution in [1.82, 2.24) is 5.43 Å². The summed E-state index contributed by atoms with van der Waals surface area (Å²) in [4.78, 5) is 0.807. The lowest BCUT2D eigenvalue weighted by atomic mass is 10.1. The maximum atomic E-state index is 13.2. The normalized spacial score (nSPS) is 12.7. The quantitative estimate of drug-likeness (QED) is 0.667.